The van der Waals surface area contributed by atoms with Crippen molar-refractivity contribution < 1.29 is 18.6 Å². The van der Waals surface area contributed by atoms with Crippen molar-refractivity contribution in [3.05, 3.63) is 23.7 Å². The molecule has 1 aliphatic rings. The monoisotopic (exact) mass is 277 g/mol. The predicted octanol–water partition coefficient (Wildman–Crippen LogP) is 3.76. The minimum Gasteiger partial charge on any atom is -0.343 e. The van der Waals surface area contributed by atoms with Crippen LogP contribution in [-0.2, 0) is 18.6 Å². The first kappa shape index (κ1) is 19.1. The molecule has 1 saturated carbocycles. The molecule has 0 heterocycles. The number of rotatable bonds is 6. The summed E-state index contributed by atoms with van der Waals surface area (Å²) in [6.07, 6.45) is 6.59. The summed E-state index contributed by atoms with van der Waals surface area (Å²) >= 11 is 0. The molecule has 0 aromatic rings. The molecule has 1 aliphatic carbocycles. The zero-order chi connectivity index (χ0) is 12.2. The molecule has 0 saturated heterocycles. The van der Waals surface area contributed by atoms with Gasteiger partial charge in [-0.1, -0.05) is 29.1 Å². The van der Waals surface area contributed by atoms with Crippen LogP contribution in [0, 0.1) is 35.5 Å². The second-order valence-electron chi connectivity index (χ2n) is 4.22. The molecule has 0 bridgehead atoms. The number of hydrogen-bond acceptors (Lipinski definition) is 4. The van der Waals surface area contributed by atoms with E-state index in [1.165, 1.54) is 25.7 Å². The Morgan fingerprint density at radius 3 is 1.88 bits per heavy atom. The SMILES string of the molecule is O=NCC1CCCC1.[CH2-]CC(C[CH2-])CN=O.[V+2]. The zero-order valence-electron chi connectivity index (χ0n) is 10.4. The smallest absolute Gasteiger partial charge is 0.343 e. The van der Waals surface area contributed by atoms with Gasteiger partial charge >= 0.3 is 18.6 Å². The maximum absolute atomic E-state index is 9.71. The van der Waals surface area contributed by atoms with E-state index in [1.54, 1.807) is 0 Å². The topological polar surface area (TPSA) is 58.9 Å². The Kier molecular flexibility index (Phi) is 15.6. The Morgan fingerprint density at radius 1 is 1.06 bits per heavy atom. The fourth-order valence-corrected chi connectivity index (χ4v) is 1.73. The molecule has 1 radical (unpaired) electrons. The van der Waals surface area contributed by atoms with Crippen molar-refractivity contribution in [3.8, 4) is 0 Å². The molecular weight excluding hydrogens is 255 g/mol. The van der Waals surface area contributed by atoms with Gasteiger partial charge < -0.3 is 13.8 Å². The average Bonchev–Trinajstić information content (AvgIpc) is 2.80. The van der Waals surface area contributed by atoms with Crippen LogP contribution in [0.25, 0.3) is 0 Å². The van der Waals surface area contributed by atoms with E-state index in [0.29, 0.717) is 24.9 Å². The van der Waals surface area contributed by atoms with Gasteiger partial charge in [0.1, 0.15) is 0 Å². The van der Waals surface area contributed by atoms with Crippen molar-refractivity contribution in [3.63, 3.8) is 0 Å². The van der Waals surface area contributed by atoms with Gasteiger partial charge in [0.25, 0.3) is 0 Å². The van der Waals surface area contributed by atoms with Crippen LogP contribution in [0.2, 0.25) is 0 Å². The van der Waals surface area contributed by atoms with E-state index >= 15 is 0 Å². The van der Waals surface area contributed by atoms with Crippen LogP contribution in [0.4, 0.5) is 0 Å². The second kappa shape index (κ2) is 13.8. The van der Waals surface area contributed by atoms with Crippen molar-refractivity contribution in [2.75, 3.05) is 13.1 Å². The van der Waals surface area contributed by atoms with Gasteiger partial charge in [0.2, 0.25) is 0 Å². The molecule has 17 heavy (non-hydrogen) atoms. The van der Waals surface area contributed by atoms with E-state index in [1.807, 2.05) is 0 Å². The third kappa shape index (κ3) is 10.6. The molecule has 1 rings (SSSR count). The molecule has 0 amide bonds. The van der Waals surface area contributed by atoms with Crippen LogP contribution in [0.5, 0.6) is 0 Å². The molecule has 0 unspecified atom stereocenters. The molecule has 0 aromatic carbocycles. The summed E-state index contributed by atoms with van der Waals surface area (Å²) in [7, 11) is 0. The van der Waals surface area contributed by atoms with Crippen molar-refractivity contribution in [2.24, 2.45) is 22.2 Å². The zero-order valence-corrected chi connectivity index (χ0v) is 11.8. The first-order valence-corrected chi connectivity index (χ1v) is 5.95. The molecule has 97 valence electrons. The normalized spacial score (nSPS) is 14.8. The predicted molar refractivity (Wildman–Crippen MR) is 66.7 cm³/mol. The van der Waals surface area contributed by atoms with Gasteiger partial charge in [0.05, 0.1) is 13.1 Å². The Labute approximate surface area is 116 Å². The molecule has 0 aliphatic heterocycles. The first-order valence-electron chi connectivity index (χ1n) is 5.95. The Balaban J connectivity index is 0. The summed E-state index contributed by atoms with van der Waals surface area (Å²) < 4.78 is 0. The van der Waals surface area contributed by atoms with Crippen LogP contribution < -0.4 is 0 Å². The fourth-order valence-electron chi connectivity index (χ4n) is 1.73. The Bertz CT molecular complexity index is 173. The third-order valence-corrected chi connectivity index (χ3v) is 2.96. The number of nitrogens with zero attached hydrogens (tertiary/aromatic N) is 2. The summed E-state index contributed by atoms with van der Waals surface area (Å²) in [5, 5.41) is 5.62. The molecular formula is C12H22N2O2V. The van der Waals surface area contributed by atoms with Gasteiger partial charge in [-0.3, -0.25) is 0 Å². The van der Waals surface area contributed by atoms with Crippen LogP contribution in [-0.4, -0.2) is 13.1 Å². The van der Waals surface area contributed by atoms with Gasteiger partial charge in [0, 0.05) is 0 Å². The molecule has 0 N–H and O–H groups in total. The Morgan fingerprint density at radius 2 is 1.59 bits per heavy atom. The maximum Gasteiger partial charge on any atom is 2.00 e. The van der Waals surface area contributed by atoms with E-state index in [9.17, 15) is 9.81 Å². The van der Waals surface area contributed by atoms with Gasteiger partial charge in [-0.05, 0) is 18.8 Å². The average molecular weight is 277 g/mol. The van der Waals surface area contributed by atoms with Gasteiger partial charge in [0.15, 0.2) is 0 Å². The molecule has 0 spiro atoms. The summed E-state index contributed by atoms with van der Waals surface area (Å²) in [6, 6.07) is 0. The standard InChI is InChI=1S/2C6H11NO.V/c8-7-5-6-3-1-2-4-6;1-3-6(4-2)5-7-8;/h2*6H,1-5H2;/q;-2;+2. The maximum atomic E-state index is 9.71. The minimum absolute atomic E-state index is 0. The van der Waals surface area contributed by atoms with Crippen molar-refractivity contribution >= 4 is 0 Å². The minimum atomic E-state index is 0. The summed E-state index contributed by atoms with van der Waals surface area (Å²) in [6.45, 7) is 8.20. The summed E-state index contributed by atoms with van der Waals surface area (Å²) in [4.78, 5) is 19.3. The van der Waals surface area contributed by atoms with Crippen LogP contribution in [0.1, 0.15) is 38.5 Å². The van der Waals surface area contributed by atoms with Gasteiger partial charge in [-0.25, -0.2) is 0 Å². The third-order valence-electron chi connectivity index (χ3n) is 2.96. The second-order valence-corrected chi connectivity index (χ2v) is 4.22. The quantitative estimate of drug-likeness (QED) is 0.548. The van der Waals surface area contributed by atoms with E-state index in [-0.39, 0.29) is 18.6 Å². The van der Waals surface area contributed by atoms with Crippen LogP contribution >= 0.6 is 0 Å². The Hall–Kier alpha value is -0.216. The fraction of sp³-hybridized carbons (Fsp3) is 0.833. The van der Waals surface area contributed by atoms with Crippen LogP contribution in [0.15, 0.2) is 10.4 Å². The first-order chi connectivity index (χ1) is 7.78. The van der Waals surface area contributed by atoms with Crippen molar-refractivity contribution in [2.45, 2.75) is 38.5 Å². The molecule has 1 fully saturated rings. The number of hydrogen-bond donors (Lipinski definition) is 0. The van der Waals surface area contributed by atoms with Gasteiger partial charge in [-0.2, -0.15) is 22.7 Å². The molecule has 4 nitrogen and oxygen atoms in total. The largest absolute Gasteiger partial charge is 2.00 e. The summed E-state index contributed by atoms with van der Waals surface area (Å²) in [5.41, 5.74) is 0. The van der Waals surface area contributed by atoms with E-state index < -0.39 is 0 Å². The molecule has 0 aromatic heterocycles. The van der Waals surface area contributed by atoms with Crippen LogP contribution in [0.3, 0.4) is 0 Å². The van der Waals surface area contributed by atoms with Gasteiger partial charge in [-0.15, -0.1) is 0 Å². The number of nitroso groups, excluding NO2 is 2. The summed E-state index contributed by atoms with van der Waals surface area (Å²) in [5.74, 6) is 0.931. The molecule has 5 heteroatoms. The van der Waals surface area contributed by atoms with E-state index in [0.717, 1.165) is 12.8 Å². The van der Waals surface area contributed by atoms with Crippen molar-refractivity contribution in [1.82, 2.24) is 0 Å². The molecule has 0 atom stereocenters. The van der Waals surface area contributed by atoms with E-state index in [2.05, 4.69) is 24.2 Å². The van der Waals surface area contributed by atoms with E-state index in [4.69, 9.17) is 0 Å². The van der Waals surface area contributed by atoms with Crippen molar-refractivity contribution in [1.29, 1.82) is 0 Å².